The predicted octanol–water partition coefficient (Wildman–Crippen LogP) is 22.7. The summed E-state index contributed by atoms with van der Waals surface area (Å²) in [6.07, 6.45) is 91.7. The number of allylic oxidation sites excluding steroid dienone is 13. The number of amides is 1. The van der Waals surface area contributed by atoms with Gasteiger partial charge in [0.1, 0.15) is 13.2 Å². The maximum Gasteiger partial charge on any atom is 0.472 e. The third-order valence-corrected chi connectivity index (χ3v) is 16.8. The molecule has 0 aliphatic rings. The van der Waals surface area contributed by atoms with Crippen molar-refractivity contribution in [3.05, 3.63) is 85.1 Å². The summed E-state index contributed by atoms with van der Waals surface area (Å²) in [6, 6.07) is -0.866. The number of phosphoric acid groups is 1. The van der Waals surface area contributed by atoms with Crippen LogP contribution in [0.4, 0.5) is 0 Å². The maximum absolute atomic E-state index is 13.0. The first-order valence-electron chi connectivity index (χ1n) is 35.5. The monoisotopic (exact) mass is 1180 g/mol. The standard InChI is InChI=1S/C74H137N2O6P/c1-6-8-10-12-14-16-18-20-22-24-26-28-30-31-32-33-34-35-36-37-38-39-40-41-42-43-44-45-46-48-50-52-54-56-58-60-62-64-66-68-74(78)75-72(71-82-83(79,80)81-70-69-76(3,4)5)73(77)67-65-63-61-59-57-55-53-51-49-47-29-27-25-23-21-19-17-15-13-11-9-7-2/h8,10,14,16,20,22,26,28,31-32,57,59,65,67,72-73,77H,6-7,9,11-13,15,17-19,21,23-25,27,29-30,33-56,58,60-64,66,68-71H2,1-5H3,(H-,75,78,79,80)/p+1/b10-8-,16-14-,22-20-,28-26-,32-31-,59-57+,67-65+. The van der Waals surface area contributed by atoms with E-state index in [2.05, 4.69) is 92.1 Å². The molecule has 484 valence electrons. The van der Waals surface area contributed by atoms with Gasteiger partial charge in [-0.3, -0.25) is 13.8 Å². The lowest BCUT2D eigenvalue weighted by atomic mass is 10.0. The number of hydrogen-bond donors (Lipinski definition) is 3. The average molecular weight is 1180 g/mol. The highest BCUT2D eigenvalue weighted by molar-refractivity contribution is 7.47. The lowest BCUT2D eigenvalue weighted by Gasteiger charge is -2.25. The van der Waals surface area contributed by atoms with E-state index in [-0.39, 0.29) is 19.1 Å². The number of rotatable bonds is 65. The number of carbonyl (C=O) groups excluding carboxylic acids is 1. The van der Waals surface area contributed by atoms with Gasteiger partial charge in [0, 0.05) is 6.42 Å². The molecule has 9 heteroatoms. The number of nitrogens with one attached hydrogen (secondary N) is 1. The van der Waals surface area contributed by atoms with Crippen molar-refractivity contribution in [3.63, 3.8) is 0 Å². The van der Waals surface area contributed by atoms with Crippen LogP contribution in [0.25, 0.3) is 0 Å². The first-order chi connectivity index (χ1) is 40.5. The number of likely N-dealkylation sites (N-methyl/N-ethyl adjacent to an activating group) is 1. The van der Waals surface area contributed by atoms with E-state index in [1.54, 1.807) is 6.08 Å². The summed E-state index contributed by atoms with van der Waals surface area (Å²) in [5.74, 6) is -0.182. The van der Waals surface area contributed by atoms with E-state index < -0.39 is 20.0 Å². The fraction of sp³-hybridized carbons (Fsp3) is 0.797. The van der Waals surface area contributed by atoms with Gasteiger partial charge in [-0.15, -0.1) is 0 Å². The Labute approximate surface area is 516 Å². The Kier molecular flexibility index (Phi) is 62.4. The second-order valence-corrected chi connectivity index (χ2v) is 26.7. The molecule has 0 bridgehead atoms. The zero-order chi connectivity index (χ0) is 60.5. The van der Waals surface area contributed by atoms with E-state index in [9.17, 15) is 19.4 Å². The summed E-state index contributed by atoms with van der Waals surface area (Å²) in [5, 5.41) is 14.0. The quantitative estimate of drug-likeness (QED) is 0.0243. The highest BCUT2D eigenvalue weighted by atomic mass is 31.2. The van der Waals surface area contributed by atoms with Crippen LogP contribution in [0.15, 0.2) is 85.1 Å². The van der Waals surface area contributed by atoms with Crippen molar-refractivity contribution in [3.8, 4) is 0 Å². The molecule has 0 spiro atoms. The summed E-state index contributed by atoms with van der Waals surface area (Å²) in [7, 11) is 1.56. The summed E-state index contributed by atoms with van der Waals surface area (Å²) < 4.78 is 23.8. The molecular formula is C74H138N2O6P+. The van der Waals surface area contributed by atoms with E-state index in [1.165, 1.54) is 238 Å². The van der Waals surface area contributed by atoms with Crippen LogP contribution in [0.5, 0.6) is 0 Å². The Balaban J connectivity index is 4.00. The smallest absolute Gasteiger partial charge is 0.387 e. The molecule has 1 amide bonds. The van der Waals surface area contributed by atoms with Crippen molar-refractivity contribution in [2.75, 3.05) is 40.9 Å². The minimum absolute atomic E-state index is 0.0559. The lowest BCUT2D eigenvalue weighted by Crippen LogP contribution is -2.45. The number of hydrogen-bond acceptors (Lipinski definition) is 5. The Bertz CT molecular complexity index is 1630. The molecule has 0 aromatic rings. The van der Waals surface area contributed by atoms with Crippen LogP contribution in [0, 0.1) is 0 Å². The number of quaternary nitrogens is 1. The van der Waals surface area contributed by atoms with Crippen LogP contribution < -0.4 is 5.32 Å². The van der Waals surface area contributed by atoms with Gasteiger partial charge in [0.2, 0.25) is 5.91 Å². The molecule has 83 heavy (non-hydrogen) atoms. The van der Waals surface area contributed by atoms with Gasteiger partial charge in [-0.2, -0.15) is 0 Å². The molecule has 0 radical (unpaired) electrons. The van der Waals surface area contributed by atoms with Crippen molar-refractivity contribution in [1.29, 1.82) is 0 Å². The van der Waals surface area contributed by atoms with Gasteiger partial charge in [-0.25, -0.2) is 4.57 Å². The van der Waals surface area contributed by atoms with Crippen molar-refractivity contribution < 1.29 is 32.9 Å². The Hall–Kier alpha value is -2.32. The summed E-state index contributed by atoms with van der Waals surface area (Å²) >= 11 is 0. The molecule has 0 saturated heterocycles. The second kappa shape index (κ2) is 64.2. The molecule has 0 aliphatic carbocycles. The summed E-state index contributed by atoms with van der Waals surface area (Å²) in [5.41, 5.74) is 0. The van der Waals surface area contributed by atoms with Crippen LogP contribution in [0.3, 0.4) is 0 Å². The van der Waals surface area contributed by atoms with E-state index in [0.29, 0.717) is 17.4 Å². The first-order valence-corrected chi connectivity index (χ1v) is 37.0. The number of aliphatic hydroxyl groups excluding tert-OH is 1. The molecule has 0 heterocycles. The predicted molar refractivity (Wildman–Crippen MR) is 364 cm³/mol. The van der Waals surface area contributed by atoms with Crippen molar-refractivity contribution in [2.24, 2.45) is 0 Å². The van der Waals surface area contributed by atoms with E-state index in [4.69, 9.17) is 9.05 Å². The Morgan fingerprint density at radius 3 is 1.11 bits per heavy atom. The highest BCUT2D eigenvalue weighted by Crippen LogP contribution is 2.43. The molecular weight excluding hydrogens is 1040 g/mol. The zero-order valence-electron chi connectivity index (χ0n) is 55.4. The third kappa shape index (κ3) is 67.1. The summed E-state index contributed by atoms with van der Waals surface area (Å²) in [4.78, 5) is 23.4. The molecule has 0 aromatic carbocycles. The number of aliphatic hydroxyl groups is 1. The maximum atomic E-state index is 13.0. The van der Waals surface area contributed by atoms with Gasteiger partial charge in [-0.1, -0.05) is 330 Å². The second-order valence-electron chi connectivity index (χ2n) is 25.2. The SMILES string of the molecule is CC/C=C\C/C=C\C/C=C\C/C=C\C/C=C\CCCCCCCCCCCCCCCCCCCCCCCCCC(=O)NC(COP(=O)(O)OCC[N+](C)(C)C)C(O)/C=C/CC/C=C/CCCCCCCCCCCCCCCCCC. The molecule has 0 aromatic heterocycles. The normalized spacial score (nSPS) is 14.2. The van der Waals surface area contributed by atoms with Crippen LogP contribution in [-0.4, -0.2) is 73.4 Å². The number of unbranched alkanes of at least 4 members (excludes halogenated alkanes) is 40. The number of carbonyl (C=O) groups is 1. The fourth-order valence-electron chi connectivity index (χ4n) is 10.4. The van der Waals surface area contributed by atoms with Gasteiger partial charge in [0.15, 0.2) is 0 Å². The molecule has 3 unspecified atom stereocenters. The number of phosphoric ester groups is 1. The molecule has 0 rings (SSSR count). The molecule has 0 saturated carbocycles. The molecule has 3 N–H and O–H groups in total. The van der Waals surface area contributed by atoms with Crippen LogP contribution >= 0.6 is 7.82 Å². The van der Waals surface area contributed by atoms with E-state index >= 15 is 0 Å². The minimum Gasteiger partial charge on any atom is -0.387 e. The van der Waals surface area contributed by atoms with Crippen LogP contribution in [0.1, 0.15) is 328 Å². The van der Waals surface area contributed by atoms with E-state index in [0.717, 1.165) is 70.6 Å². The van der Waals surface area contributed by atoms with Crippen LogP contribution in [0.2, 0.25) is 0 Å². The van der Waals surface area contributed by atoms with Crippen molar-refractivity contribution in [2.45, 2.75) is 341 Å². The minimum atomic E-state index is -4.36. The zero-order valence-corrected chi connectivity index (χ0v) is 56.3. The topological polar surface area (TPSA) is 105 Å². The molecule has 0 aliphatic heterocycles. The van der Waals surface area contributed by atoms with Gasteiger partial charge in [0.05, 0.1) is 39.9 Å². The lowest BCUT2D eigenvalue weighted by molar-refractivity contribution is -0.870. The van der Waals surface area contributed by atoms with Crippen molar-refractivity contribution in [1.82, 2.24) is 5.32 Å². The Morgan fingerprint density at radius 2 is 0.735 bits per heavy atom. The van der Waals surface area contributed by atoms with Gasteiger partial charge in [-0.05, 0) is 77.0 Å². The molecule has 8 nitrogen and oxygen atoms in total. The first kappa shape index (κ1) is 80.7. The van der Waals surface area contributed by atoms with Crippen molar-refractivity contribution >= 4 is 13.7 Å². The van der Waals surface area contributed by atoms with Gasteiger partial charge in [0.25, 0.3) is 0 Å². The highest BCUT2D eigenvalue weighted by Gasteiger charge is 2.28. The van der Waals surface area contributed by atoms with Gasteiger partial charge >= 0.3 is 7.82 Å². The molecule has 3 atom stereocenters. The Morgan fingerprint density at radius 1 is 0.422 bits per heavy atom. The van der Waals surface area contributed by atoms with E-state index in [1.807, 2.05) is 27.2 Å². The summed E-state index contributed by atoms with van der Waals surface area (Å²) in [6.45, 7) is 4.72. The average Bonchev–Trinajstić information content (AvgIpc) is 3.50. The molecule has 0 fully saturated rings. The fourth-order valence-corrected chi connectivity index (χ4v) is 11.1. The van der Waals surface area contributed by atoms with Crippen LogP contribution in [-0.2, 0) is 18.4 Å². The third-order valence-electron chi connectivity index (χ3n) is 15.8. The van der Waals surface area contributed by atoms with Gasteiger partial charge < -0.3 is 19.8 Å². The number of nitrogens with zero attached hydrogens (tertiary/aromatic N) is 1. The largest absolute Gasteiger partial charge is 0.472 e.